The highest BCUT2D eigenvalue weighted by molar-refractivity contribution is 5.84. The van der Waals surface area contributed by atoms with Crippen molar-refractivity contribution in [1.82, 2.24) is 5.32 Å². The number of hydrogen-bond donors (Lipinski definition) is 2. The van der Waals surface area contributed by atoms with Crippen LogP contribution in [0.2, 0.25) is 0 Å². The molecule has 0 bridgehead atoms. The van der Waals surface area contributed by atoms with Gasteiger partial charge in [0.15, 0.2) is 0 Å². The summed E-state index contributed by atoms with van der Waals surface area (Å²) in [5.41, 5.74) is 4.84. The van der Waals surface area contributed by atoms with Crippen molar-refractivity contribution >= 4 is 5.91 Å². The van der Waals surface area contributed by atoms with E-state index < -0.39 is 5.54 Å². The second-order valence-corrected chi connectivity index (χ2v) is 5.95. The van der Waals surface area contributed by atoms with Gasteiger partial charge in [0.05, 0.1) is 5.54 Å². The van der Waals surface area contributed by atoms with E-state index in [9.17, 15) is 4.79 Å². The average Bonchev–Trinajstić information content (AvgIpc) is 2.42. The number of primary amides is 1. The van der Waals surface area contributed by atoms with Crippen LogP contribution >= 0.6 is 0 Å². The first kappa shape index (κ1) is 16.4. The quantitative estimate of drug-likeness (QED) is 0.631. The van der Waals surface area contributed by atoms with E-state index in [-0.39, 0.29) is 5.91 Å². The number of hydrogen-bond acceptors (Lipinski definition) is 3. The van der Waals surface area contributed by atoms with Gasteiger partial charge in [0.1, 0.15) is 0 Å². The molecule has 0 saturated heterocycles. The van der Waals surface area contributed by atoms with Crippen molar-refractivity contribution in [3.05, 3.63) is 0 Å². The fraction of sp³-hybridized carbons (Fsp3) is 0.933. The van der Waals surface area contributed by atoms with Gasteiger partial charge < -0.3 is 15.8 Å². The highest BCUT2D eigenvalue weighted by atomic mass is 16.5. The van der Waals surface area contributed by atoms with E-state index in [0.717, 1.165) is 25.5 Å². The molecular weight excluding hydrogens is 240 g/mol. The van der Waals surface area contributed by atoms with E-state index in [4.69, 9.17) is 10.5 Å². The van der Waals surface area contributed by atoms with Crippen LogP contribution in [0.5, 0.6) is 0 Å². The summed E-state index contributed by atoms with van der Waals surface area (Å²) >= 11 is 0. The largest absolute Gasteiger partial charge is 0.381 e. The third-order valence-electron chi connectivity index (χ3n) is 4.13. The number of nitrogens with one attached hydrogen (secondary N) is 1. The van der Waals surface area contributed by atoms with Crippen molar-refractivity contribution in [1.29, 1.82) is 0 Å². The van der Waals surface area contributed by atoms with E-state index in [1.54, 1.807) is 0 Å². The van der Waals surface area contributed by atoms with Gasteiger partial charge in [-0.15, -0.1) is 0 Å². The molecule has 112 valence electrons. The predicted molar refractivity (Wildman–Crippen MR) is 77.9 cm³/mol. The van der Waals surface area contributed by atoms with Crippen LogP contribution in [-0.2, 0) is 9.53 Å². The summed E-state index contributed by atoms with van der Waals surface area (Å²) in [7, 11) is 0. The van der Waals surface area contributed by atoms with Crippen molar-refractivity contribution in [2.75, 3.05) is 19.8 Å². The van der Waals surface area contributed by atoms with Crippen LogP contribution < -0.4 is 11.1 Å². The van der Waals surface area contributed by atoms with Crippen LogP contribution in [-0.4, -0.2) is 31.2 Å². The Morgan fingerprint density at radius 1 is 1.37 bits per heavy atom. The zero-order valence-electron chi connectivity index (χ0n) is 12.5. The molecule has 0 aromatic rings. The predicted octanol–water partition coefficient (Wildman–Crippen LogP) is 2.22. The molecular formula is C15H30N2O2. The molecule has 0 radical (unpaired) electrons. The minimum absolute atomic E-state index is 0.290. The van der Waals surface area contributed by atoms with Gasteiger partial charge in [-0.2, -0.15) is 0 Å². The lowest BCUT2D eigenvalue weighted by atomic mass is 9.90. The molecule has 1 atom stereocenters. The summed E-state index contributed by atoms with van der Waals surface area (Å²) < 4.78 is 5.75. The standard InChI is InChI=1S/C15H30N2O2/c1-3-10-17-15(2,14(16)18)9-11-19-12-13-7-5-4-6-8-13/h13,17H,3-12H2,1-2H3,(H2,16,18). The Morgan fingerprint density at radius 2 is 2.05 bits per heavy atom. The molecule has 0 aliphatic heterocycles. The first-order valence-corrected chi connectivity index (χ1v) is 7.71. The van der Waals surface area contributed by atoms with Crippen LogP contribution in [0.3, 0.4) is 0 Å². The molecule has 1 rings (SSSR count). The minimum Gasteiger partial charge on any atom is -0.381 e. The lowest BCUT2D eigenvalue weighted by Crippen LogP contribution is -2.54. The van der Waals surface area contributed by atoms with Crippen LogP contribution in [0, 0.1) is 5.92 Å². The van der Waals surface area contributed by atoms with Gasteiger partial charge in [-0.1, -0.05) is 26.2 Å². The Hall–Kier alpha value is -0.610. The van der Waals surface area contributed by atoms with Gasteiger partial charge in [0.2, 0.25) is 5.91 Å². The average molecular weight is 270 g/mol. The zero-order valence-corrected chi connectivity index (χ0v) is 12.5. The summed E-state index contributed by atoms with van der Waals surface area (Å²) in [6.07, 6.45) is 8.27. The fourth-order valence-electron chi connectivity index (χ4n) is 2.58. The van der Waals surface area contributed by atoms with Gasteiger partial charge >= 0.3 is 0 Å². The smallest absolute Gasteiger partial charge is 0.237 e. The Labute approximate surface area is 117 Å². The summed E-state index contributed by atoms with van der Waals surface area (Å²) in [5, 5.41) is 3.23. The molecule has 0 spiro atoms. The molecule has 4 heteroatoms. The fourth-order valence-corrected chi connectivity index (χ4v) is 2.58. The van der Waals surface area contributed by atoms with Crippen molar-refractivity contribution in [3.8, 4) is 0 Å². The first-order valence-electron chi connectivity index (χ1n) is 7.71. The Morgan fingerprint density at radius 3 is 2.63 bits per heavy atom. The summed E-state index contributed by atoms with van der Waals surface area (Å²) in [5.74, 6) is 0.430. The van der Waals surface area contributed by atoms with Crippen molar-refractivity contribution < 1.29 is 9.53 Å². The van der Waals surface area contributed by atoms with E-state index in [0.29, 0.717) is 13.0 Å². The number of rotatable bonds is 9. The lowest BCUT2D eigenvalue weighted by Gasteiger charge is -2.28. The van der Waals surface area contributed by atoms with Crippen LogP contribution in [0.4, 0.5) is 0 Å². The van der Waals surface area contributed by atoms with E-state index in [1.165, 1.54) is 32.1 Å². The van der Waals surface area contributed by atoms with Crippen molar-refractivity contribution in [2.24, 2.45) is 11.7 Å². The molecule has 19 heavy (non-hydrogen) atoms. The van der Waals surface area contributed by atoms with E-state index in [2.05, 4.69) is 12.2 Å². The first-order chi connectivity index (χ1) is 9.08. The third kappa shape index (κ3) is 5.91. The highest BCUT2D eigenvalue weighted by Gasteiger charge is 2.29. The second-order valence-electron chi connectivity index (χ2n) is 5.95. The van der Waals surface area contributed by atoms with Crippen molar-refractivity contribution in [2.45, 2.75) is 64.3 Å². The van der Waals surface area contributed by atoms with Gasteiger partial charge in [0, 0.05) is 13.2 Å². The van der Waals surface area contributed by atoms with Crippen LogP contribution in [0.1, 0.15) is 58.8 Å². The number of carbonyl (C=O) groups excluding carboxylic acids is 1. The summed E-state index contributed by atoms with van der Waals surface area (Å²) in [6, 6.07) is 0. The SMILES string of the molecule is CCCNC(C)(CCOCC1CCCCC1)C(N)=O. The molecule has 3 N–H and O–H groups in total. The monoisotopic (exact) mass is 270 g/mol. The molecule has 0 heterocycles. The Bertz CT molecular complexity index is 265. The maximum Gasteiger partial charge on any atom is 0.237 e. The zero-order chi connectivity index (χ0) is 14.1. The van der Waals surface area contributed by atoms with E-state index >= 15 is 0 Å². The minimum atomic E-state index is -0.636. The lowest BCUT2D eigenvalue weighted by molar-refractivity contribution is -0.124. The van der Waals surface area contributed by atoms with Crippen LogP contribution in [0.25, 0.3) is 0 Å². The van der Waals surface area contributed by atoms with Gasteiger partial charge in [0.25, 0.3) is 0 Å². The molecule has 4 nitrogen and oxygen atoms in total. The summed E-state index contributed by atoms with van der Waals surface area (Å²) in [4.78, 5) is 11.5. The second kappa shape index (κ2) is 8.54. The molecule has 1 fully saturated rings. The maximum absolute atomic E-state index is 11.5. The molecule has 1 amide bonds. The number of carbonyl (C=O) groups is 1. The summed E-state index contributed by atoms with van der Waals surface area (Å²) in [6.45, 7) is 6.19. The molecule has 1 aliphatic rings. The number of ether oxygens (including phenoxy) is 1. The van der Waals surface area contributed by atoms with E-state index in [1.807, 2.05) is 6.92 Å². The Balaban J connectivity index is 2.22. The number of nitrogens with two attached hydrogens (primary N) is 1. The highest BCUT2D eigenvalue weighted by Crippen LogP contribution is 2.23. The molecule has 1 saturated carbocycles. The molecule has 0 aromatic carbocycles. The van der Waals surface area contributed by atoms with Gasteiger partial charge in [-0.3, -0.25) is 4.79 Å². The third-order valence-corrected chi connectivity index (χ3v) is 4.13. The molecule has 1 unspecified atom stereocenters. The normalized spacial score (nSPS) is 20.1. The number of amides is 1. The topological polar surface area (TPSA) is 64.3 Å². The maximum atomic E-state index is 11.5. The van der Waals surface area contributed by atoms with Crippen LogP contribution in [0.15, 0.2) is 0 Å². The molecule has 0 aromatic heterocycles. The van der Waals surface area contributed by atoms with Gasteiger partial charge in [-0.05, 0) is 45.1 Å². The Kier molecular flexibility index (Phi) is 7.39. The van der Waals surface area contributed by atoms with Gasteiger partial charge in [-0.25, -0.2) is 0 Å². The van der Waals surface area contributed by atoms with Crippen molar-refractivity contribution in [3.63, 3.8) is 0 Å². The molecule has 1 aliphatic carbocycles.